The van der Waals surface area contributed by atoms with Crippen LogP contribution in [-0.2, 0) is 6.54 Å². The highest BCUT2D eigenvalue weighted by molar-refractivity contribution is 6.35. The van der Waals surface area contributed by atoms with Crippen LogP contribution in [0.1, 0.15) is 49.5 Å². The summed E-state index contributed by atoms with van der Waals surface area (Å²) in [6.07, 6.45) is 5.06. The minimum absolute atomic E-state index is 0. The maximum Gasteiger partial charge on any atom is 0.276 e. The zero-order valence-electron chi connectivity index (χ0n) is 16.2. The number of halogens is 2. The molecule has 1 aromatic heterocycles. The maximum atomic E-state index is 12.9. The van der Waals surface area contributed by atoms with Gasteiger partial charge in [0.05, 0.1) is 15.9 Å². The van der Waals surface area contributed by atoms with Crippen LogP contribution < -0.4 is 10.7 Å². The Bertz CT molecular complexity index is 932. The molecule has 2 fully saturated rings. The van der Waals surface area contributed by atoms with Gasteiger partial charge in [0, 0.05) is 24.7 Å². The minimum atomic E-state index is -0.374. The van der Waals surface area contributed by atoms with E-state index in [-0.39, 0.29) is 35.5 Å². The van der Waals surface area contributed by atoms with Crippen molar-refractivity contribution in [2.24, 2.45) is 0 Å². The molecule has 2 saturated heterocycles. The van der Waals surface area contributed by atoms with Crippen molar-refractivity contribution in [1.82, 2.24) is 20.0 Å². The van der Waals surface area contributed by atoms with E-state index in [1.54, 1.807) is 22.9 Å². The molecule has 2 aliphatic rings. The first kappa shape index (κ1) is 21.1. The van der Waals surface area contributed by atoms with Crippen molar-refractivity contribution in [2.45, 2.75) is 63.7 Å². The van der Waals surface area contributed by atoms with Gasteiger partial charge in [-0.1, -0.05) is 24.6 Å². The number of aromatic nitrogens is 2. The predicted molar refractivity (Wildman–Crippen MR) is 114 cm³/mol. The summed E-state index contributed by atoms with van der Waals surface area (Å²) in [6.45, 7) is 2.62. The van der Waals surface area contributed by atoms with Crippen LogP contribution in [0.15, 0.2) is 23.0 Å². The second-order valence-electron chi connectivity index (χ2n) is 7.73. The summed E-state index contributed by atoms with van der Waals surface area (Å²) in [7, 11) is 2.17. The van der Waals surface area contributed by atoms with Gasteiger partial charge in [0.1, 0.15) is 0 Å². The van der Waals surface area contributed by atoms with Crippen molar-refractivity contribution >= 4 is 40.8 Å². The van der Waals surface area contributed by atoms with Crippen LogP contribution in [0.4, 0.5) is 0 Å². The maximum absolute atomic E-state index is 12.9. The molecule has 0 saturated carbocycles. The number of hydrogen-bond donors (Lipinski definition) is 1. The molecule has 1 N–H and O–H groups in total. The molecule has 6 nitrogen and oxygen atoms in total. The number of piperidine rings is 1. The van der Waals surface area contributed by atoms with Crippen LogP contribution in [0.3, 0.4) is 0 Å². The first-order valence-electron chi connectivity index (χ1n) is 9.71. The van der Waals surface area contributed by atoms with E-state index >= 15 is 0 Å². The van der Waals surface area contributed by atoms with Crippen molar-refractivity contribution in [3.63, 3.8) is 0 Å². The molecule has 2 aliphatic heterocycles. The fraction of sp³-hybridized carbons (Fsp3) is 0.550. The molecule has 0 unspecified atom stereocenters. The Hall–Kier alpha value is -1.63. The zero-order valence-corrected chi connectivity index (χ0v) is 17.7. The van der Waals surface area contributed by atoms with Crippen molar-refractivity contribution in [1.29, 1.82) is 0 Å². The van der Waals surface area contributed by atoms with Crippen molar-refractivity contribution in [3.05, 3.63) is 39.1 Å². The van der Waals surface area contributed by atoms with Gasteiger partial charge < -0.3 is 10.2 Å². The number of aryl methyl sites for hydroxylation is 1. The number of benzene rings is 1. The molecular formula is C20H26Cl2N4O2. The van der Waals surface area contributed by atoms with E-state index in [2.05, 4.69) is 22.4 Å². The van der Waals surface area contributed by atoms with Crippen LogP contribution in [-0.4, -0.2) is 45.8 Å². The van der Waals surface area contributed by atoms with Gasteiger partial charge in [-0.15, -0.1) is 12.4 Å². The Morgan fingerprint density at radius 1 is 1.29 bits per heavy atom. The molecule has 1 amide bonds. The SMILES string of the molecule is CCCn1nc(C(=O)N[C@H]2C[C@H]3CC[C@@H](C2)N3C)c(=O)c2cccc(Cl)c21.Cl. The summed E-state index contributed by atoms with van der Waals surface area (Å²) in [5.74, 6) is -0.374. The van der Waals surface area contributed by atoms with Crippen molar-refractivity contribution in [2.75, 3.05) is 7.05 Å². The van der Waals surface area contributed by atoms with Gasteiger partial charge in [-0.25, -0.2) is 0 Å². The molecule has 0 spiro atoms. The molecular weight excluding hydrogens is 399 g/mol. The molecule has 8 heteroatoms. The quantitative estimate of drug-likeness (QED) is 0.817. The number of rotatable bonds is 4. The van der Waals surface area contributed by atoms with Crippen LogP contribution in [0.5, 0.6) is 0 Å². The Morgan fingerprint density at radius 2 is 1.96 bits per heavy atom. The lowest BCUT2D eigenvalue weighted by atomic mass is 9.98. The molecule has 0 radical (unpaired) electrons. The van der Waals surface area contributed by atoms with Gasteiger partial charge in [0.25, 0.3) is 5.91 Å². The van der Waals surface area contributed by atoms with Crippen molar-refractivity contribution < 1.29 is 4.79 Å². The Labute approximate surface area is 175 Å². The van der Waals surface area contributed by atoms with E-state index in [1.807, 2.05) is 6.92 Å². The second-order valence-corrected chi connectivity index (χ2v) is 8.14. The fourth-order valence-electron chi connectivity index (χ4n) is 4.61. The van der Waals surface area contributed by atoms with Gasteiger partial charge in [0.2, 0.25) is 5.43 Å². The molecule has 2 bridgehead atoms. The molecule has 2 aromatic rings. The molecule has 0 aliphatic carbocycles. The number of para-hydroxylation sites is 1. The first-order chi connectivity index (χ1) is 13.0. The van der Waals surface area contributed by atoms with E-state index in [0.29, 0.717) is 34.6 Å². The normalized spacial score (nSPS) is 24.2. The van der Waals surface area contributed by atoms with Gasteiger partial charge in [-0.2, -0.15) is 5.10 Å². The van der Waals surface area contributed by atoms with Gasteiger partial charge in [0.15, 0.2) is 5.69 Å². The number of carbonyl (C=O) groups excluding carboxylic acids is 1. The number of nitrogens with one attached hydrogen (secondary N) is 1. The smallest absolute Gasteiger partial charge is 0.276 e. The molecule has 152 valence electrons. The molecule has 3 atom stereocenters. The average Bonchev–Trinajstić information content (AvgIpc) is 2.85. The molecule has 4 rings (SSSR count). The third-order valence-electron chi connectivity index (χ3n) is 6.01. The van der Waals surface area contributed by atoms with E-state index in [4.69, 9.17) is 11.6 Å². The van der Waals surface area contributed by atoms with E-state index in [9.17, 15) is 9.59 Å². The fourth-order valence-corrected chi connectivity index (χ4v) is 4.88. The van der Waals surface area contributed by atoms with Gasteiger partial charge in [-0.05, 0) is 51.3 Å². The lowest BCUT2D eigenvalue weighted by Gasteiger charge is -2.36. The minimum Gasteiger partial charge on any atom is -0.348 e. The first-order valence-corrected chi connectivity index (χ1v) is 10.1. The summed E-state index contributed by atoms with van der Waals surface area (Å²) in [5, 5.41) is 8.37. The number of carbonyl (C=O) groups is 1. The third-order valence-corrected chi connectivity index (χ3v) is 6.31. The molecule has 28 heavy (non-hydrogen) atoms. The summed E-state index contributed by atoms with van der Waals surface area (Å²) in [4.78, 5) is 28.2. The number of nitrogens with zero attached hydrogens (tertiary/aromatic N) is 3. The van der Waals surface area contributed by atoms with E-state index in [0.717, 1.165) is 19.3 Å². The van der Waals surface area contributed by atoms with Crippen LogP contribution in [0, 0.1) is 0 Å². The number of fused-ring (bicyclic) bond motifs is 3. The monoisotopic (exact) mass is 424 g/mol. The highest BCUT2D eigenvalue weighted by Gasteiger charge is 2.39. The lowest BCUT2D eigenvalue weighted by molar-refractivity contribution is 0.0874. The number of hydrogen-bond acceptors (Lipinski definition) is 4. The summed E-state index contributed by atoms with van der Waals surface area (Å²) in [5.41, 5.74) is 0.206. The Balaban J connectivity index is 0.00000225. The van der Waals surface area contributed by atoms with Crippen LogP contribution >= 0.6 is 24.0 Å². The summed E-state index contributed by atoms with van der Waals surface area (Å²) in [6, 6.07) is 6.33. The van der Waals surface area contributed by atoms with Crippen LogP contribution in [0.25, 0.3) is 10.9 Å². The van der Waals surface area contributed by atoms with Gasteiger partial charge in [-0.3, -0.25) is 14.3 Å². The van der Waals surface area contributed by atoms with E-state index in [1.165, 1.54) is 12.8 Å². The lowest BCUT2D eigenvalue weighted by Crippen LogP contribution is -2.49. The summed E-state index contributed by atoms with van der Waals surface area (Å²) >= 11 is 6.31. The largest absolute Gasteiger partial charge is 0.348 e. The van der Waals surface area contributed by atoms with E-state index < -0.39 is 0 Å². The topological polar surface area (TPSA) is 67.2 Å². The number of amides is 1. The zero-order chi connectivity index (χ0) is 19.1. The third kappa shape index (κ3) is 3.65. The van der Waals surface area contributed by atoms with Crippen LogP contribution in [0.2, 0.25) is 5.02 Å². The molecule has 1 aromatic carbocycles. The van der Waals surface area contributed by atoms with Crippen molar-refractivity contribution in [3.8, 4) is 0 Å². The highest BCUT2D eigenvalue weighted by Crippen LogP contribution is 2.34. The molecule has 3 heterocycles. The Kier molecular flexibility index (Phi) is 6.32. The van der Waals surface area contributed by atoms with Gasteiger partial charge >= 0.3 is 0 Å². The second kappa shape index (κ2) is 8.39. The Morgan fingerprint density at radius 3 is 2.61 bits per heavy atom. The summed E-state index contributed by atoms with van der Waals surface area (Å²) < 4.78 is 1.69. The predicted octanol–water partition coefficient (Wildman–Crippen LogP) is 3.24. The standard InChI is InChI=1S/C20H25ClN4O2.ClH/c1-3-9-25-18-15(5-4-6-16(18)21)19(26)17(23-25)20(27)22-12-10-13-7-8-14(11-12)24(13)2;/h4-6,12-14H,3,7-11H2,1-2H3,(H,22,27);1H/t12-,13+,14-;. The highest BCUT2D eigenvalue weighted by atomic mass is 35.5. The average molecular weight is 425 g/mol.